The third-order valence-corrected chi connectivity index (χ3v) is 6.30. The number of sulfone groups is 1. The molecule has 0 fully saturated rings. The van der Waals surface area contributed by atoms with Crippen LogP contribution in [0.25, 0.3) is 0 Å². The van der Waals surface area contributed by atoms with E-state index >= 15 is 0 Å². The van der Waals surface area contributed by atoms with Crippen LogP contribution < -0.4 is 14.8 Å². The summed E-state index contributed by atoms with van der Waals surface area (Å²) in [7, 11) is -1.79. The molecule has 0 aliphatic carbocycles. The molecule has 0 aliphatic heterocycles. The van der Waals surface area contributed by atoms with Crippen molar-refractivity contribution in [1.29, 1.82) is 0 Å². The molecule has 198 valence electrons. The van der Waals surface area contributed by atoms with E-state index in [1.54, 1.807) is 37.2 Å². The van der Waals surface area contributed by atoms with Crippen LogP contribution in [0.15, 0.2) is 78.0 Å². The average molecular weight is 538 g/mol. The number of hydrogen-bond donors (Lipinski definition) is 1. The van der Waals surface area contributed by atoms with Gasteiger partial charge in [0.1, 0.15) is 11.9 Å². The highest BCUT2D eigenvalue weighted by molar-refractivity contribution is 7.90. The van der Waals surface area contributed by atoms with Gasteiger partial charge < -0.3 is 19.5 Å². The van der Waals surface area contributed by atoms with Crippen molar-refractivity contribution in [2.24, 2.45) is 0 Å². The van der Waals surface area contributed by atoms with Crippen LogP contribution >= 0.6 is 0 Å². The summed E-state index contributed by atoms with van der Waals surface area (Å²) >= 11 is 0. The predicted octanol–water partition coefficient (Wildman–Crippen LogP) is 3.58. The molecule has 0 aliphatic rings. The molecule has 3 aromatic heterocycles. The second kappa shape index (κ2) is 11.8. The minimum absolute atomic E-state index is 0.0880. The van der Waals surface area contributed by atoms with Gasteiger partial charge in [-0.2, -0.15) is 10.1 Å². The van der Waals surface area contributed by atoms with Crippen LogP contribution in [0.5, 0.6) is 17.5 Å². The third kappa shape index (κ3) is 7.37. The minimum atomic E-state index is -3.35. The number of carbonyl (C=O) groups is 1. The number of aromatic nitrogens is 4. The van der Waals surface area contributed by atoms with Crippen LogP contribution in [0.4, 0.5) is 5.82 Å². The van der Waals surface area contributed by atoms with Gasteiger partial charge in [-0.1, -0.05) is 6.07 Å². The summed E-state index contributed by atoms with van der Waals surface area (Å²) in [5, 5.41) is 7.15. The van der Waals surface area contributed by atoms with Crippen molar-refractivity contribution in [2.75, 3.05) is 25.3 Å². The van der Waals surface area contributed by atoms with Gasteiger partial charge in [0, 0.05) is 44.0 Å². The molecule has 1 aromatic carbocycles. The van der Waals surface area contributed by atoms with E-state index in [-0.39, 0.29) is 28.3 Å². The van der Waals surface area contributed by atoms with Gasteiger partial charge in [0.15, 0.2) is 15.7 Å². The lowest BCUT2D eigenvalue weighted by Gasteiger charge is -2.15. The van der Waals surface area contributed by atoms with E-state index in [9.17, 15) is 13.2 Å². The van der Waals surface area contributed by atoms with Crippen molar-refractivity contribution >= 4 is 21.6 Å². The molecule has 1 amide bonds. The van der Waals surface area contributed by atoms with E-state index in [0.29, 0.717) is 24.7 Å². The Bertz CT molecular complexity index is 1490. The molecule has 12 heteroatoms. The van der Waals surface area contributed by atoms with Gasteiger partial charge in [-0.05, 0) is 43.3 Å². The molecule has 1 N–H and O–H groups in total. The number of nitrogens with zero attached hydrogens (tertiary/aromatic N) is 4. The van der Waals surface area contributed by atoms with Crippen LogP contribution in [0.1, 0.15) is 23.0 Å². The van der Waals surface area contributed by atoms with Gasteiger partial charge in [0.2, 0.25) is 11.8 Å². The number of hydrogen-bond acceptors (Lipinski definition) is 9. The number of ether oxygens (including phenoxy) is 3. The second-order valence-corrected chi connectivity index (χ2v) is 10.5. The van der Waals surface area contributed by atoms with Gasteiger partial charge in [-0.25, -0.2) is 8.42 Å². The Balaban J connectivity index is 1.54. The molecule has 4 rings (SSSR count). The van der Waals surface area contributed by atoms with Crippen molar-refractivity contribution in [1.82, 2.24) is 19.7 Å². The normalized spacial score (nSPS) is 12.1. The molecule has 3 heterocycles. The number of amides is 1. The lowest BCUT2D eigenvalue weighted by atomic mass is 10.2. The molecular weight excluding hydrogens is 510 g/mol. The number of carbonyl (C=O) groups excluding carboxylic acids is 1. The van der Waals surface area contributed by atoms with Gasteiger partial charge in [0.05, 0.1) is 29.3 Å². The molecule has 11 nitrogen and oxygen atoms in total. The zero-order valence-corrected chi connectivity index (χ0v) is 21.9. The number of pyridine rings is 2. The first-order valence-corrected chi connectivity index (χ1v) is 13.5. The van der Waals surface area contributed by atoms with E-state index in [4.69, 9.17) is 14.2 Å². The zero-order chi connectivity index (χ0) is 27.1. The maximum Gasteiger partial charge on any atom is 0.257 e. The van der Waals surface area contributed by atoms with Crippen LogP contribution in [-0.4, -0.2) is 60.1 Å². The Kier molecular flexibility index (Phi) is 8.34. The summed E-state index contributed by atoms with van der Waals surface area (Å²) < 4.78 is 41.9. The summed E-state index contributed by atoms with van der Waals surface area (Å²) in [5.41, 5.74) is 1.06. The van der Waals surface area contributed by atoms with Crippen molar-refractivity contribution < 1.29 is 27.4 Å². The fraction of sp³-hybridized carbons (Fsp3) is 0.231. The topological polar surface area (TPSA) is 135 Å². The maximum atomic E-state index is 13.1. The Morgan fingerprint density at radius 2 is 1.84 bits per heavy atom. The third-order valence-electron chi connectivity index (χ3n) is 5.17. The summed E-state index contributed by atoms with van der Waals surface area (Å²) in [6, 6.07) is 16.1. The summed E-state index contributed by atoms with van der Waals surface area (Å²) in [4.78, 5) is 21.9. The van der Waals surface area contributed by atoms with Crippen molar-refractivity contribution in [2.45, 2.75) is 24.5 Å². The minimum Gasteiger partial charge on any atom is -0.472 e. The van der Waals surface area contributed by atoms with Crippen LogP contribution in [0.2, 0.25) is 0 Å². The second-order valence-electron chi connectivity index (χ2n) is 8.44. The monoisotopic (exact) mass is 537 g/mol. The number of rotatable bonds is 11. The first-order valence-electron chi connectivity index (χ1n) is 11.6. The molecular formula is C26H27N5O6S. The maximum absolute atomic E-state index is 13.1. The lowest BCUT2D eigenvalue weighted by molar-refractivity contribution is 0.0882. The molecule has 1 unspecified atom stereocenters. The average Bonchev–Trinajstić information content (AvgIpc) is 3.31. The van der Waals surface area contributed by atoms with E-state index < -0.39 is 15.7 Å². The predicted molar refractivity (Wildman–Crippen MR) is 139 cm³/mol. The molecule has 38 heavy (non-hydrogen) atoms. The highest BCUT2D eigenvalue weighted by Crippen LogP contribution is 2.26. The van der Waals surface area contributed by atoms with Gasteiger partial charge in [-0.3, -0.25) is 14.5 Å². The van der Waals surface area contributed by atoms with Gasteiger partial charge in [-0.15, -0.1) is 0 Å². The smallest absolute Gasteiger partial charge is 0.257 e. The molecule has 4 aromatic rings. The van der Waals surface area contributed by atoms with Crippen LogP contribution in [0.3, 0.4) is 0 Å². The van der Waals surface area contributed by atoms with E-state index in [1.165, 1.54) is 36.4 Å². The Labute approximate surface area is 220 Å². The first-order chi connectivity index (χ1) is 18.2. The van der Waals surface area contributed by atoms with E-state index in [2.05, 4.69) is 20.4 Å². The Hall–Kier alpha value is -4.29. The first kappa shape index (κ1) is 26.8. The fourth-order valence-corrected chi connectivity index (χ4v) is 4.07. The summed E-state index contributed by atoms with van der Waals surface area (Å²) in [6.07, 6.45) is 4.23. The zero-order valence-electron chi connectivity index (χ0n) is 21.1. The van der Waals surface area contributed by atoms with Crippen LogP contribution in [-0.2, 0) is 21.1 Å². The van der Waals surface area contributed by atoms with Crippen LogP contribution in [0, 0.1) is 0 Å². The Morgan fingerprint density at radius 3 is 2.53 bits per heavy atom. The Morgan fingerprint density at radius 1 is 1.08 bits per heavy atom. The van der Waals surface area contributed by atoms with E-state index in [0.717, 1.165) is 11.9 Å². The molecule has 0 saturated carbocycles. The molecule has 0 radical (unpaired) electrons. The van der Waals surface area contributed by atoms with E-state index in [1.807, 2.05) is 18.2 Å². The highest BCUT2D eigenvalue weighted by atomic mass is 32.2. The number of benzene rings is 1. The largest absolute Gasteiger partial charge is 0.472 e. The van der Waals surface area contributed by atoms with Crippen molar-refractivity contribution in [3.63, 3.8) is 0 Å². The number of methoxy groups -OCH3 is 1. The summed E-state index contributed by atoms with van der Waals surface area (Å²) in [6.45, 7) is 2.57. The SMILES string of the molecule is COCC(C)Oc1cc(C(=O)Nc2ccn(Cc3ccccn3)n2)cc(Oc2ccc(S(C)(=O)=O)cc2)n1. The van der Waals surface area contributed by atoms with Crippen molar-refractivity contribution in [3.8, 4) is 17.5 Å². The quantitative estimate of drug-likeness (QED) is 0.305. The molecule has 1 atom stereocenters. The number of anilines is 1. The molecule has 0 bridgehead atoms. The fourth-order valence-electron chi connectivity index (χ4n) is 3.44. The highest BCUT2D eigenvalue weighted by Gasteiger charge is 2.16. The molecule has 0 saturated heterocycles. The number of nitrogens with one attached hydrogen (secondary N) is 1. The standard InChI is InChI=1S/C26H27N5O6S/c1-18(17-35-2)36-24-14-19(15-25(29-24)37-21-7-9-22(10-8-21)38(3,33)34)26(32)28-23-11-13-31(30-23)16-20-6-4-5-12-27-20/h4-15,18H,16-17H2,1-3H3,(H,28,30,32). The van der Waals surface area contributed by atoms with Crippen molar-refractivity contribution in [3.05, 3.63) is 84.3 Å². The van der Waals surface area contributed by atoms with Gasteiger partial charge >= 0.3 is 0 Å². The lowest BCUT2D eigenvalue weighted by Crippen LogP contribution is -2.19. The van der Waals surface area contributed by atoms with Gasteiger partial charge in [0.25, 0.3) is 5.91 Å². The summed E-state index contributed by atoms with van der Waals surface area (Å²) in [5.74, 6) is 0.496. The molecule has 0 spiro atoms.